The van der Waals surface area contributed by atoms with Gasteiger partial charge in [-0.25, -0.2) is 9.59 Å². The second kappa shape index (κ2) is 9.96. The lowest BCUT2D eigenvalue weighted by atomic mass is 9.84. The summed E-state index contributed by atoms with van der Waals surface area (Å²) in [5, 5.41) is 5.03. The minimum absolute atomic E-state index is 0.224. The molecule has 3 aromatic carbocycles. The van der Waals surface area contributed by atoms with Crippen LogP contribution in [0, 0.1) is 0 Å². The number of ether oxygens (including phenoxy) is 1. The fraction of sp³-hybridized carbons (Fsp3) is 0.148. The lowest BCUT2D eigenvalue weighted by molar-refractivity contribution is 0.0600. The molecule has 1 atom stereocenters. The van der Waals surface area contributed by atoms with Crippen LogP contribution in [-0.2, 0) is 4.74 Å². The first-order chi connectivity index (χ1) is 16.1. The highest BCUT2D eigenvalue weighted by atomic mass is 16.5. The molecular weight excluding hydrogens is 416 g/mol. The van der Waals surface area contributed by atoms with E-state index < -0.39 is 17.5 Å². The summed E-state index contributed by atoms with van der Waals surface area (Å²) in [4.78, 5) is 26.1. The Hall–Kier alpha value is -4.19. The van der Waals surface area contributed by atoms with Crippen molar-refractivity contribution in [2.45, 2.75) is 19.3 Å². The summed E-state index contributed by atoms with van der Waals surface area (Å²) in [6.45, 7) is 1.88. The number of anilines is 1. The minimum atomic E-state index is -0.577. The lowest BCUT2D eigenvalue weighted by Gasteiger charge is -2.20. The van der Waals surface area contributed by atoms with Gasteiger partial charge in [0.2, 0.25) is 0 Å². The van der Waals surface area contributed by atoms with Crippen molar-refractivity contribution in [2.75, 3.05) is 12.5 Å². The third-order valence-electron chi connectivity index (χ3n) is 5.44. The number of nitrogens with zero attached hydrogens (tertiary/aromatic N) is 1. The lowest BCUT2D eigenvalue weighted by Crippen LogP contribution is -2.22. The maximum Gasteiger partial charge on any atom is 0.340 e. The molecule has 0 aliphatic rings. The molecule has 0 saturated carbocycles. The van der Waals surface area contributed by atoms with Crippen LogP contribution < -0.4 is 11.1 Å². The Morgan fingerprint density at radius 2 is 1.61 bits per heavy atom. The van der Waals surface area contributed by atoms with Crippen LogP contribution in [0.2, 0.25) is 0 Å². The van der Waals surface area contributed by atoms with Crippen molar-refractivity contribution in [3.8, 4) is 0 Å². The van der Waals surface area contributed by atoms with Crippen molar-refractivity contribution in [1.82, 2.24) is 0 Å². The molecule has 0 spiro atoms. The van der Waals surface area contributed by atoms with Crippen LogP contribution in [0.1, 0.15) is 40.7 Å². The monoisotopic (exact) mass is 440 g/mol. The topological polar surface area (TPSA) is 80.9 Å². The van der Waals surface area contributed by atoms with Crippen molar-refractivity contribution in [1.29, 1.82) is 0 Å². The van der Waals surface area contributed by atoms with Gasteiger partial charge in [0.25, 0.3) is 0 Å². The smallest absolute Gasteiger partial charge is 0.340 e. The Morgan fingerprint density at radius 3 is 2.30 bits per heavy atom. The molecule has 0 amide bonds. The fourth-order valence-electron chi connectivity index (χ4n) is 3.89. The normalized spacial score (nSPS) is 12.4. The minimum Gasteiger partial charge on any atom is -0.465 e. The maximum absolute atomic E-state index is 13.2. The Bertz CT molecular complexity index is 1350. The van der Waals surface area contributed by atoms with E-state index >= 15 is 0 Å². The van der Waals surface area contributed by atoms with Crippen molar-refractivity contribution in [3.63, 3.8) is 0 Å². The quantitative estimate of drug-likeness (QED) is 0.175. The summed E-state index contributed by atoms with van der Waals surface area (Å²) >= 11 is 0. The van der Waals surface area contributed by atoms with E-state index in [1.165, 1.54) is 7.11 Å². The third kappa shape index (κ3) is 4.85. The van der Waals surface area contributed by atoms with E-state index in [0.29, 0.717) is 17.4 Å². The second-order valence-corrected chi connectivity index (χ2v) is 7.66. The largest absolute Gasteiger partial charge is 0.465 e. The number of benzene rings is 3. The zero-order valence-electron chi connectivity index (χ0n) is 18.4. The highest BCUT2D eigenvalue weighted by Gasteiger charge is 2.29. The van der Waals surface area contributed by atoms with Gasteiger partial charge in [0, 0.05) is 17.0 Å². The van der Waals surface area contributed by atoms with Crippen LogP contribution in [0.4, 0.5) is 5.69 Å². The van der Waals surface area contributed by atoms with Gasteiger partial charge >= 0.3 is 11.6 Å². The predicted octanol–water partition coefficient (Wildman–Crippen LogP) is 5.59. The van der Waals surface area contributed by atoms with E-state index in [9.17, 15) is 9.59 Å². The molecule has 0 radical (unpaired) electrons. The standard InChI is InChI=1S/C27H24N2O4/c1-18(28-29-20-13-7-4-8-14-20)17-22(19-11-5-3-6-12-19)25-24(26(30)32-2)21-15-9-10-16-23(21)33-27(25)31/h3-16,22,29H,17H2,1-2H3/t22-/m1/s1. The molecule has 33 heavy (non-hydrogen) atoms. The number of hydrogen-bond donors (Lipinski definition) is 1. The summed E-state index contributed by atoms with van der Waals surface area (Å²) < 4.78 is 10.7. The number of carbonyl (C=O) groups is 1. The van der Waals surface area contributed by atoms with E-state index in [-0.39, 0.29) is 11.1 Å². The van der Waals surface area contributed by atoms with E-state index in [2.05, 4.69) is 10.5 Å². The van der Waals surface area contributed by atoms with Gasteiger partial charge < -0.3 is 9.15 Å². The molecule has 0 aliphatic heterocycles. The molecule has 0 unspecified atom stereocenters. The highest BCUT2D eigenvalue weighted by Crippen LogP contribution is 2.32. The first-order valence-electron chi connectivity index (χ1n) is 10.6. The van der Waals surface area contributed by atoms with Gasteiger partial charge in [-0.05, 0) is 37.1 Å². The molecule has 1 N–H and O–H groups in total. The molecule has 4 rings (SSSR count). The van der Waals surface area contributed by atoms with Gasteiger partial charge in [-0.1, -0.05) is 66.7 Å². The number of rotatable bonds is 7. The third-order valence-corrected chi connectivity index (χ3v) is 5.44. The summed E-state index contributed by atoms with van der Waals surface area (Å²) in [5.74, 6) is -1.03. The zero-order chi connectivity index (χ0) is 23.2. The Morgan fingerprint density at radius 1 is 0.970 bits per heavy atom. The number of hydrogen-bond acceptors (Lipinski definition) is 6. The molecule has 1 heterocycles. The molecular formula is C27H24N2O4. The van der Waals surface area contributed by atoms with Crippen molar-refractivity contribution >= 4 is 28.3 Å². The number of methoxy groups -OCH3 is 1. The van der Waals surface area contributed by atoms with E-state index in [4.69, 9.17) is 9.15 Å². The van der Waals surface area contributed by atoms with Gasteiger partial charge in [0.1, 0.15) is 5.58 Å². The Balaban J connectivity index is 1.84. The van der Waals surface area contributed by atoms with Crippen LogP contribution in [0.5, 0.6) is 0 Å². The van der Waals surface area contributed by atoms with E-state index in [1.807, 2.05) is 67.6 Å². The number of para-hydroxylation sites is 2. The number of fused-ring (bicyclic) bond motifs is 1. The highest BCUT2D eigenvalue weighted by molar-refractivity contribution is 6.04. The number of hydrazone groups is 1. The van der Waals surface area contributed by atoms with Gasteiger partial charge in [0.05, 0.1) is 23.9 Å². The number of esters is 1. The molecule has 6 nitrogen and oxygen atoms in total. The van der Waals surface area contributed by atoms with Gasteiger partial charge in [-0.15, -0.1) is 0 Å². The van der Waals surface area contributed by atoms with Crippen molar-refractivity contribution in [2.24, 2.45) is 5.10 Å². The first kappa shape index (κ1) is 22.0. The maximum atomic E-state index is 13.2. The molecule has 166 valence electrons. The first-order valence-corrected chi connectivity index (χ1v) is 10.6. The van der Waals surface area contributed by atoms with Crippen LogP contribution in [0.3, 0.4) is 0 Å². The molecule has 0 bridgehead atoms. The molecule has 1 aromatic heterocycles. The summed E-state index contributed by atoms with van der Waals surface area (Å²) in [5.41, 5.74) is 5.80. The Labute approximate surface area is 191 Å². The summed E-state index contributed by atoms with van der Waals surface area (Å²) in [6.07, 6.45) is 0.400. The van der Waals surface area contributed by atoms with Gasteiger partial charge in [-0.3, -0.25) is 5.43 Å². The SMILES string of the molecule is COC(=O)c1c([C@H](CC(C)=NNc2ccccc2)c2ccccc2)c(=O)oc2ccccc12. The van der Waals surface area contributed by atoms with Crippen LogP contribution in [0.25, 0.3) is 11.0 Å². The summed E-state index contributed by atoms with van der Waals surface area (Å²) in [6, 6.07) is 26.1. The second-order valence-electron chi connectivity index (χ2n) is 7.66. The Kier molecular flexibility index (Phi) is 6.64. The molecule has 0 aliphatic carbocycles. The molecule has 0 fully saturated rings. The average Bonchev–Trinajstić information content (AvgIpc) is 2.86. The molecule has 6 heteroatoms. The molecule has 0 saturated heterocycles. The van der Waals surface area contributed by atoms with E-state index in [1.54, 1.807) is 24.3 Å². The van der Waals surface area contributed by atoms with Crippen LogP contribution >= 0.6 is 0 Å². The van der Waals surface area contributed by atoms with Gasteiger partial charge in [0.15, 0.2) is 0 Å². The average molecular weight is 440 g/mol. The molecule has 4 aromatic rings. The number of nitrogens with one attached hydrogen (secondary N) is 1. The zero-order valence-corrected chi connectivity index (χ0v) is 18.4. The van der Waals surface area contributed by atoms with Crippen molar-refractivity contribution < 1.29 is 13.9 Å². The van der Waals surface area contributed by atoms with E-state index in [0.717, 1.165) is 17.0 Å². The van der Waals surface area contributed by atoms with Crippen molar-refractivity contribution in [3.05, 3.63) is 112 Å². The summed E-state index contributed by atoms with van der Waals surface area (Å²) in [7, 11) is 1.31. The fourth-order valence-corrected chi connectivity index (χ4v) is 3.89. The predicted molar refractivity (Wildman–Crippen MR) is 130 cm³/mol. The van der Waals surface area contributed by atoms with Crippen LogP contribution in [0.15, 0.2) is 99.2 Å². The van der Waals surface area contributed by atoms with Gasteiger partial charge in [-0.2, -0.15) is 5.10 Å². The van der Waals surface area contributed by atoms with Crippen LogP contribution in [-0.4, -0.2) is 18.8 Å². The number of carbonyl (C=O) groups excluding carboxylic acids is 1.